The van der Waals surface area contributed by atoms with E-state index < -0.39 is 11.7 Å². The number of nitrogens with zero attached hydrogens (tertiary/aromatic N) is 3. The second-order valence-electron chi connectivity index (χ2n) is 8.40. The van der Waals surface area contributed by atoms with E-state index in [-0.39, 0.29) is 22.4 Å². The van der Waals surface area contributed by atoms with Gasteiger partial charge in [-0.15, -0.1) is 11.8 Å². The van der Waals surface area contributed by atoms with E-state index in [0.717, 1.165) is 12.1 Å². The second kappa shape index (κ2) is 10.2. The van der Waals surface area contributed by atoms with Gasteiger partial charge >= 0.3 is 6.18 Å². The van der Waals surface area contributed by atoms with Gasteiger partial charge in [-0.2, -0.15) is 13.2 Å². The smallest absolute Gasteiger partial charge is 0.336 e. The SMILES string of the molecule is CC1SC(c2ccc(C(F)(F)F)cc2)N(CCN2CCN(C(=O)c3ccccc3Cl)CC2)C1=O. The summed E-state index contributed by atoms with van der Waals surface area (Å²) in [6.45, 7) is 5.39. The van der Waals surface area contributed by atoms with Crippen molar-refractivity contribution in [1.29, 1.82) is 0 Å². The number of hydrogen-bond donors (Lipinski definition) is 0. The molecule has 2 unspecified atom stereocenters. The van der Waals surface area contributed by atoms with Gasteiger partial charge < -0.3 is 9.80 Å². The molecule has 5 nitrogen and oxygen atoms in total. The van der Waals surface area contributed by atoms with Crippen molar-refractivity contribution in [3.63, 3.8) is 0 Å². The second-order valence-corrected chi connectivity index (χ2v) is 10.2. The molecule has 0 aromatic heterocycles. The molecular formula is C24H25ClF3N3O2S. The van der Waals surface area contributed by atoms with Crippen LogP contribution in [0.25, 0.3) is 0 Å². The van der Waals surface area contributed by atoms with Gasteiger partial charge in [0.1, 0.15) is 5.37 Å². The minimum atomic E-state index is -4.39. The Labute approximate surface area is 205 Å². The summed E-state index contributed by atoms with van der Waals surface area (Å²) in [5.74, 6) is -0.102. The molecule has 182 valence electrons. The van der Waals surface area contributed by atoms with Crippen molar-refractivity contribution in [3.05, 3.63) is 70.2 Å². The van der Waals surface area contributed by atoms with Crippen LogP contribution in [-0.2, 0) is 11.0 Å². The summed E-state index contributed by atoms with van der Waals surface area (Å²) in [5, 5.41) is -0.131. The van der Waals surface area contributed by atoms with Gasteiger partial charge in [-0.25, -0.2) is 0 Å². The molecule has 34 heavy (non-hydrogen) atoms. The number of alkyl halides is 3. The molecule has 2 aromatic carbocycles. The Morgan fingerprint density at radius 2 is 1.68 bits per heavy atom. The number of carbonyl (C=O) groups is 2. The van der Waals surface area contributed by atoms with Crippen molar-refractivity contribution in [2.45, 2.75) is 23.7 Å². The van der Waals surface area contributed by atoms with E-state index in [0.29, 0.717) is 55.4 Å². The first-order valence-electron chi connectivity index (χ1n) is 11.0. The minimum absolute atomic E-state index is 0.0116. The zero-order valence-corrected chi connectivity index (χ0v) is 20.2. The predicted octanol–water partition coefficient (Wildman–Crippen LogP) is 4.78. The van der Waals surface area contributed by atoms with Crippen LogP contribution in [0.2, 0.25) is 5.02 Å². The zero-order valence-electron chi connectivity index (χ0n) is 18.6. The molecular weight excluding hydrogens is 487 g/mol. The Bertz CT molecular complexity index is 1040. The van der Waals surface area contributed by atoms with E-state index in [4.69, 9.17) is 11.6 Å². The fourth-order valence-corrected chi connectivity index (χ4v) is 5.75. The molecule has 2 saturated heterocycles. The fraction of sp³-hybridized carbons (Fsp3) is 0.417. The molecule has 2 aromatic rings. The minimum Gasteiger partial charge on any atom is -0.336 e. The predicted molar refractivity (Wildman–Crippen MR) is 127 cm³/mol. The normalized spacial score (nSPS) is 21.9. The summed E-state index contributed by atoms with van der Waals surface area (Å²) < 4.78 is 38.7. The van der Waals surface area contributed by atoms with Crippen LogP contribution in [-0.4, -0.2) is 71.0 Å². The number of halogens is 4. The molecule has 0 radical (unpaired) electrons. The standard InChI is InChI=1S/C24H25ClF3N3O2S/c1-16-21(32)31(23(34-16)17-6-8-18(9-7-17)24(26,27)28)15-12-29-10-13-30(14-11-29)22(33)19-4-2-3-5-20(19)25/h2-9,16,23H,10-15H2,1H3. The lowest BCUT2D eigenvalue weighted by Gasteiger charge is -2.36. The number of benzene rings is 2. The first-order chi connectivity index (χ1) is 16.1. The third kappa shape index (κ3) is 5.37. The molecule has 0 spiro atoms. The molecule has 4 rings (SSSR count). The number of rotatable bonds is 5. The molecule has 0 aliphatic carbocycles. The molecule has 2 heterocycles. The van der Waals surface area contributed by atoms with Crippen LogP contribution in [0, 0.1) is 0 Å². The van der Waals surface area contributed by atoms with Gasteiger partial charge in [0.15, 0.2) is 0 Å². The summed E-state index contributed by atoms with van der Waals surface area (Å²) in [6, 6.07) is 12.0. The number of hydrogen-bond acceptors (Lipinski definition) is 4. The first-order valence-corrected chi connectivity index (χ1v) is 12.4. The number of amides is 2. The van der Waals surface area contributed by atoms with Crippen LogP contribution >= 0.6 is 23.4 Å². The van der Waals surface area contributed by atoms with Crippen molar-refractivity contribution >= 4 is 35.2 Å². The van der Waals surface area contributed by atoms with Crippen molar-refractivity contribution in [2.75, 3.05) is 39.3 Å². The monoisotopic (exact) mass is 511 g/mol. The summed E-state index contributed by atoms with van der Waals surface area (Å²) in [5.41, 5.74) is 0.478. The highest BCUT2D eigenvalue weighted by molar-refractivity contribution is 8.01. The van der Waals surface area contributed by atoms with Gasteiger partial charge in [0.25, 0.3) is 5.91 Å². The summed E-state index contributed by atoms with van der Waals surface area (Å²) >= 11 is 7.61. The summed E-state index contributed by atoms with van der Waals surface area (Å²) in [4.78, 5) is 31.2. The highest BCUT2D eigenvalue weighted by Crippen LogP contribution is 2.43. The molecule has 0 saturated carbocycles. The maximum atomic E-state index is 12.9. The van der Waals surface area contributed by atoms with Crippen molar-refractivity contribution in [2.24, 2.45) is 0 Å². The maximum absolute atomic E-state index is 12.9. The lowest BCUT2D eigenvalue weighted by Crippen LogP contribution is -2.50. The number of thioether (sulfide) groups is 1. The third-order valence-corrected chi connectivity index (χ3v) is 7.91. The summed E-state index contributed by atoms with van der Waals surface area (Å²) in [7, 11) is 0. The highest BCUT2D eigenvalue weighted by Gasteiger charge is 2.39. The van der Waals surface area contributed by atoms with Crippen molar-refractivity contribution in [3.8, 4) is 0 Å². The van der Waals surface area contributed by atoms with Gasteiger partial charge in [0, 0.05) is 39.3 Å². The quantitative estimate of drug-likeness (QED) is 0.579. The topological polar surface area (TPSA) is 43.9 Å². The Morgan fingerprint density at radius 1 is 1.03 bits per heavy atom. The fourth-order valence-electron chi connectivity index (χ4n) is 4.23. The Balaban J connectivity index is 1.34. The van der Waals surface area contributed by atoms with Crippen LogP contribution in [0.4, 0.5) is 13.2 Å². The molecule has 2 atom stereocenters. The highest BCUT2D eigenvalue weighted by atomic mass is 35.5. The van der Waals surface area contributed by atoms with Crippen LogP contribution in [0.3, 0.4) is 0 Å². The molecule has 0 bridgehead atoms. The molecule has 10 heteroatoms. The molecule has 0 N–H and O–H groups in total. The third-order valence-electron chi connectivity index (χ3n) is 6.19. The van der Waals surface area contributed by atoms with Gasteiger partial charge in [-0.3, -0.25) is 14.5 Å². The van der Waals surface area contributed by atoms with Crippen molar-refractivity contribution in [1.82, 2.24) is 14.7 Å². The lowest BCUT2D eigenvalue weighted by atomic mass is 10.1. The Hall–Kier alpha value is -2.23. The first kappa shape index (κ1) is 24.9. The summed E-state index contributed by atoms with van der Waals surface area (Å²) in [6.07, 6.45) is -4.39. The van der Waals surface area contributed by atoms with E-state index in [1.165, 1.54) is 23.9 Å². The van der Waals surface area contributed by atoms with Crippen LogP contribution in [0.5, 0.6) is 0 Å². The molecule has 2 aliphatic heterocycles. The molecule has 2 fully saturated rings. The van der Waals surface area contributed by atoms with Gasteiger partial charge in [-0.05, 0) is 36.8 Å². The van der Waals surface area contributed by atoms with Gasteiger partial charge in [-0.1, -0.05) is 35.9 Å². The van der Waals surface area contributed by atoms with Gasteiger partial charge in [0.05, 0.1) is 21.4 Å². The van der Waals surface area contributed by atoms with Crippen LogP contribution < -0.4 is 0 Å². The Kier molecular flexibility index (Phi) is 7.45. The van der Waals surface area contributed by atoms with Crippen LogP contribution in [0.1, 0.15) is 33.8 Å². The average Bonchev–Trinajstić information content (AvgIpc) is 3.11. The number of carbonyl (C=O) groups excluding carboxylic acids is 2. The average molecular weight is 512 g/mol. The van der Waals surface area contributed by atoms with Gasteiger partial charge in [0.2, 0.25) is 5.91 Å². The molecule has 2 aliphatic rings. The molecule has 2 amide bonds. The van der Waals surface area contributed by atoms with E-state index in [1.54, 1.807) is 34.1 Å². The zero-order chi connectivity index (χ0) is 24.5. The van der Waals surface area contributed by atoms with E-state index in [2.05, 4.69) is 4.90 Å². The maximum Gasteiger partial charge on any atom is 0.416 e. The number of piperazine rings is 1. The van der Waals surface area contributed by atoms with E-state index in [1.807, 2.05) is 6.92 Å². The largest absolute Gasteiger partial charge is 0.416 e. The van der Waals surface area contributed by atoms with Crippen molar-refractivity contribution < 1.29 is 22.8 Å². The Morgan fingerprint density at radius 3 is 2.29 bits per heavy atom. The van der Waals surface area contributed by atoms with Crippen LogP contribution in [0.15, 0.2) is 48.5 Å². The lowest BCUT2D eigenvalue weighted by molar-refractivity contribution is -0.137. The van der Waals surface area contributed by atoms with E-state index in [9.17, 15) is 22.8 Å². The van der Waals surface area contributed by atoms with E-state index >= 15 is 0 Å².